The smallest absolute Gasteiger partial charge is 0.191 e. The molecular formula is C16H26IN3O2. The molecule has 1 aliphatic rings. The minimum atomic E-state index is -0.580. The molecular weight excluding hydrogens is 393 g/mol. The minimum absolute atomic E-state index is 0. The SMILES string of the molecule is CCNC(=NCC1(O)CCC1)NCCOc1ccccc1.I. The molecule has 3 N–H and O–H groups in total. The van der Waals surface area contributed by atoms with Crippen LogP contribution in [0.2, 0.25) is 0 Å². The molecule has 1 saturated carbocycles. The van der Waals surface area contributed by atoms with Gasteiger partial charge in [0.25, 0.3) is 0 Å². The Morgan fingerprint density at radius 2 is 2.00 bits per heavy atom. The number of aliphatic hydroxyl groups is 1. The highest BCUT2D eigenvalue weighted by atomic mass is 127. The Labute approximate surface area is 149 Å². The fraction of sp³-hybridized carbons (Fsp3) is 0.562. The van der Waals surface area contributed by atoms with Crippen LogP contribution in [0, 0.1) is 0 Å². The molecule has 0 heterocycles. The standard InChI is InChI=1S/C16H25N3O2.HI/c1-2-17-15(19-13-16(20)9-6-10-16)18-11-12-21-14-7-4-3-5-8-14;/h3-5,7-8,20H,2,6,9-13H2,1H3,(H2,17,18,19);1H. The molecule has 1 aromatic rings. The molecule has 0 saturated heterocycles. The lowest BCUT2D eigenvalue weighted by atomic mass is 9.80. The van der Waals surface area contributed by atoms with Crippen molar-refractivity contribution in [2.24, 2.45) is 4.99 Å². The van der Waals surface area contributed by atoms with Crippen LogP contribution in [-0.4, -0.2) is 42.9 Å². The van der Waals surface area contributed by atoms with E-state index in [4.69, 9.17) is 4.74 Å². The van der Waals surface area contributed by atoms with E-state index in [-0.39, 0.29) is 24.0 Å². The Morgan fingerprint density at radius 3 is 2.59 bits per heavy atom. The number of rotatable bonds is 7. The Balaban J connectivity index is 0.00000242. The van der Waals surface area contributed by atoms with Gasteiger partial charge in [-0.3, -0.25) is 4.99 Å². The third kappa shape index (κ3) is 6.39. The highest BCUT2D eigenvalue weighted by molar-refractivity contribution is 14.0. The molecule has 6 heteroatoms. The number of aliphatic imine (C=N–C) groups is 1. The van der Waals surface area contributed by atoms with Crippen LogP contribution in [0.4, 0.5) is 0 Å². The summed E-state index contributed by atoms with van der Waals surface area (Å²) in [7, 11) is 0. The maximum absolute atomic E-state index is 10.1. The lowest BCUT2D eigenvalue weighted by molar-refractivity contribution is -0.0236. The van der Waals surface area contributed by atoms with E-state index in [9.17, 15) is 5.11 Å². The molecule has 1 fully saturated rings. The molecule has 0 bridgehead atoms. The van der Waals surface area contributed by atoms with Gasteiger partial charge in [-0.1, -0.05) is 18.2 Å². The molecule has 0 radical (unpaired) electrons. The molecule has 0 amide bonds. The Kier molecular flexibility index (Phi) is 8.55. The van der Waals surface area contributed by atoms with Crippen molar-refractivity contribution in [3.63, 3.8) is 0 Å². The summed E-state index contributed by atoms with van der Waals surface area (Å²) >= 11 is 0. The maximum Gasteiger partial charge on any atom is 0.191 e. The van der Waals surface area contributed by atoms with E-state index in [2.05, 4.69) is 15.6 Å². The Bertz CT molecular complexity index is 450. The topological polar surface area (TPSA) is 65.9 Å². The summed E-state index contributed by atoms with van der Waals surface area (Å²) in [5.74, 6) is 1.60. The first-order chi connectivity index (χ1) is 10.2. The second kappa shape index (κ2) is 9.89. The number of benzene rings is 1. The fourth-order valence-electron chi connectivity index (χ4n) is 2.17. The van der Waals surface area contributed by atoms with Crippen LogP contribution in [0.15, 0.2) is 35.3 Å². The second-order valence-corrected chi connectivity index (χ2v) is 5.36. The maximum atomic E-state index is 10.1. The van der Waals surface area contributed by atoms with Gasteiger partial charge < -0.3 is 20.5 Å². The predicted octanol–water partition coefficient (Wildman–Crippen LogP) is 2.15. The van der Waals surface area contributed by atoms with Gasteiger partial charge in [0.05, 0.1) is 18.7 Å². The van der Waals surface area contributed by atoms with Gasteiger partial charge in [0.15, 0.2) is 5.96 Å². The summed E-state index contributed by atoms with van der Waals surface area (Å²) in [4.78, 5) is 4.44. The monoisotopic (exact) mass is 419 g/mol. The predicted molar refractivity (Wildman–Crippen MR) is 100 cm³/mol. The molecule has 0 unspecified atom stereocenters. The number of ether oxygens (including phenoxy) is 1. The summed E-state index contributed by atoms with van der Waals surface area (Å²) in [5, 5.41) is 16.4. The van der Waals surface area contributed by atoms with Gasteiger partial charge in [-0.05, 0) is 38.3 Å². The van der Waals surface area contributed by atoms with Crippen molar-refractivity contribution >= 4 is 29.9 Å². The molecule has 22 heavy (non-hydrogen) atoms. The van der Waals surface area contributed by atoms with E-state index in [0.717, 1.165) is 37.5 Å². The van der Waals surface area contributed by atoms with Crippen LogP contribution in [0.25, 0.3) is 0 Å². The quantitative estimate of drug-likeness (QED) is 0.274. The lowest BCUT2D eigenvalue weighted by Crippen LogP contribution is -2.44. The van der Waals surface area contributed by atoms with Gasteiger partial charge in [0.2, 0.25) is 0 Å². The van der Waals surface area contributed by atoms with Crippen molar-refractivity contribution in [1.29, 1.82) is 0 Å². The third-order valence-corrected chi connectivity index (χ3v) is 3.57. The van der Waals surface area contributed by atoms with Crippen LogP contribution in [0.1, 0.15) is 26.2 Å². The van der Waals surface area contributed by atoms with Crippen molar-refractivity contribution in [2.75, 3.05) is 26.2 Å². The summed E-state index contributed by atoms with van der Waals surface area (Å²) in [6, 6.07) is 9.74. The first-order valence-corrected chi connectivity index (χ1v) is 7.64. The fourth-order valence-corrected chi connectivity index (χ4v) is 2.17. The summed E-state index contributed by atoms with van der Waals surface area (Å²) in [5.41, 5.74) is -0.580. The van der Waals surface area contributed by atoms with Crippen LogP contribution in [0.3, 0.4) is 0 Å². The van der Waals surface area contributed by atoms with Gasteiger partial charge in [0, 0.05) is 6.54 Å². The molecule has 0 spiro atoms. The van der Waals surface area contributed by atoms with Crippen LogP contribution in [0.5, 0.6) is 5.75 Å². The van der Waals surface area contributed by atoms with Crippen molar-refractivity contribution in [1.82, 2.24) is 10.6 Å². The number of hydrogen-bond acceptors (Lipinski definition) is 3. The molecule has 0 atom stereocenters. The van der Waals surface area contributed by atoms with Crippen molar-refractivity contribution < 1.29 is 9.84 Å². The normalized spacial score (nSPS) is 16.2. The summed E-state index contributed by atoms with van der Waals surface area (Å²) in [6.45, 7) is 4.51. The minimum Gasteiger partial charge on any atom is -0.492 e. The van der Waals surface area contributed by atoms with E-state index in [1.165, 1.54) is 0 Å². The van der Waals surface area contributed by atoms with Crippen molar-refractivity contribution in [3.05, 3.63) is 30.3 Å². The molecule has 124 valence electrons. The highest BCUT2D eigenvalue weighted by Gasteiger charge is 2.34. The molecule has 1 aliphatic carbocycles. The van der Waals surface area contributed by atoms with Crippen LogP contribution >= 0.6 is 24.0 Å². The lowest BCUT2D eigenvalue weighted by Gasteiger charge is -2.35. The van der Waals surface area contributed by atoms with Gasteiger partial charge in [-0.25, -0.2) is 0 Å². The van der Waals surface area contributed by atoms with Gasteiger partial charge in [-0.15, -0.1) is 24.0 Å². The van der Waals surface area contributed by atoms with Crippen molar-refractivity contribution in [2.45, 2.75) is 31.8 Å². The number of nitrogens with zero attached hydrogens (tertiary/aromatic N) is 1. The van der Waals surface area contributed by atoms with Crippen LogP contribution in [-0.2, 0) is 0 Å². The zero-order valence-corrected chi connectivity index (χ0v) is 15.4. The summed E-state index contributed by atoms with van der Waals surface area (Å²) in [6.07, 6.45) is 2.81. The third-order valence-electron chi connectivity index (χ3n) is 3.57. The average molecular weight is 419 g/mol. The molecule has 0 aliphatic heterocycles. The first kappa shape index (κ1) is 19.0. The molecule has 5 nitrogen and oxygen atoms in total. The number of halogens is 1. The summed E-state index contributed by atoms with van der Waals surface area (Å²) < 4.78 is 5.62. The zero-order valence-electron chi connectivity index (χ0n) is 13.0. The zero-order chi connectivity index (χ0) is 15.0. The molecule has 1 aromatic carbocycles. The van der Waals surface area contributed by atoms with Gasteiger partial charge >= 0.3 is 0 Å². The Morgan fingerprint density at radius 1 is 1.27 bits per heavy atom. The second-order valence-electron chi connectivity index (χ2n) is 5.36. The van der Waals surface area contributed by atoms with E-state index in [1.807, 2.05) is 37.3 Å². The molecule has 2 rings (SSSR count). The van der Waals surface area contributed by atoms with E-state index >= 15 is 0 Å². The Hall–Kier alpha value is -1.02. The van der Waals surface area contributed by atoms with Gasteiger partial charge in [0.1, 0.15) is 12.4 Å². The van der Waals surface area contributed by atoms with E-state index < -0.39 is 5.60 Å². The number of guanidine groups is 1. The van der Waals surface area contributed by atoms with Crippen LogP contribution < -0.4 is 15.4 Å². The van der Waals surface area contributed by atoms with E-state index in [0.29, 0.717) is 19.7 Å². The van der Waals surface area contributed by atoms with Crippen molar-refractivity contribution in [3.8, 4) is 5.75 Å². The first-order valence-electron chi connectivity index (χ1n) is 7.64. The number of nitrogens with one attached hydrogen (secondary N) is 2. The van der Waals surface area contributed by atoms with Gasteiger partial charge in [-0.2, -0.15) is 0 Å². The largest absolute Gasteiger partial charge is 0.492 e. The average Bonchev–Trinajstić information content (AvgIpc) is 2.48. The number of hydrogen-bond donors (Lipinski definition) is 3. The number of para-hydroxylation sites is 1. The highest BCUT2D eigenvalue weighted by Crippen LogP contribution is 2.31. The van der Waals surface area contributed by atoms with E-state index in [1.54, 1.807) is 0 Å². The molecule has 0 aromatic heterocycles.